The number of aliphatic hydroxyl groups is 1. The van der Waals surface area contributed by atoms with Gasteiger partial charge in [-0.25, -0.2) is 0 Å². The maximum absolute atomic E-state index is 9.84. The predicted octanol–water partition coefficient (Wildman–Crippen LogP) is 2.08. The van der Waals surface area contributed by atoms with Crippen LogP contribution < -0.4 is 9.47 Å². The summed E-state index contributed by atoms with van der Waals surface area (Å²) in [6.07, 6.45) is -0.195. The second-order valence-corrected chi connectivity index (χ2v) is 3.69. The SMILES string of the molecule is CCC(O)C(C#N)c1cc(OC)ccc1OC. The van der Waals surface area contributed by atoms with Crippen LogP contribution in [-0.4, -0.2) is 25.4 Å². The van der Waals surface area contributed by atoms with Crippen molar-refractivity contribution in [3.63, 3.8) is 0 Å². The molecule has 0 aromatic heterocycles. The molecular weight excluding hydrogens is 218 g/mol. The zero-order chi connectivity index (χ0) is 12.8. The van der Waals surface area contributed by atoms with E-state index in [1.807, 2.05) is 6.92 Å². The van der Waals surface area contributed by atoms with E-state index < -0.39 is 12.0 Å². The van der Waals surface area contributed by atoms with Gasteiger partial charge in [0.15, 0.2) is 0 Å². The summed E-state index contributed by atoms with van der Waals surface area (Å²) in [6.45, 7) is 1.83. The molecule has 0 heterocycles. The van der Waals surface area contributed by atoms with E-state index in [9.17, 15) is 5.11 Å². The van der Waals surface area contributed by atoms with Crippen molar-refractivity contribution < 1.29 is 14.6 Å². The van der Waals surface area contributed by atoms with Crippen molar-refractivity contribution in [2.24, 2.45) is 0 Å². The Bertz CT molecular complexity index is 412. The zero-order valence-electron chi connectivity index (χ0n) is 10.3. The van der Waals surface area contributed by atoms with Gasteiger partial charge in [0.1, 0.15) is 17.4 Å². The predicted molar refractivity (Wildman–Crippen MR) is 64.2 cm³/mol. The van der Waals surface area contributed by atoms with Crippen LogP contribution >= 0.6 is 0 Å². The highest BCUT2D eigenvalue weighted by molar-refractivity contribution is 5.45. The lowest BCUT2D eigenvalue weighted by Crippen LogP contribution is -2.16. The van der Waals surface area contributed by atoms with Crippen LogP contribution in [0.1, 0.15) is 24.8 Å². The summed E-state index contributed by atoms with van der Waals surface area (Å²) in [6, 6.07) is 7.33. The number of ether oxygens (including phenoxy) is 2. The zero-order valence-corrected chi connectivity index (χ0v) is 10.3. The largest absolute Gasteiger partial charge is 0.497 e. The molecular formula is C13H17NO3. The first-order valence-corrected chi connectivity index (χ1v) is 5.47. The second-order valence-electron chi connectivity index (χ2n) is 3.69. The Kier molecular flexibility index (Phi) is 4.80. The van der Waals surface area contributed by atoms with Crippen LogP contribution in [0.5, 0.6) is 11.5 Å². The molecule has 0 amide bonds. The first-order valence-electron chi connectivity index (χ1n) is 5.47. The molecule has 2 unspecified atom stereocenters. The van der Waals surface area contributed by atoms with E-state index in [1.54, 1.807) is 25.3 Å². The molecule has 92 valence electrons. The maximum atomic E-state index is 9.84. The molecule has 0 aliphatic rings. The molecule has 4 heteroatoms. The van der Waals surface area contributed by atoms with E-state index in [1.165, 1.54) is 7.11 Å². The number of rotatable bonds is 5. The van der Waals surface area contributed by atoms with E-state index in [0.29, 0.717) is 23.5 Å². The van der Waals surface area contributed by atoms with Crippen LogP contribution in [0.3, 0.4) is 0 Å². The third-order valence-corrected chi connectivity index (χ3v) is 2.71. The Labute approximate surface area is 101 Å². The highest BCUT2D eigenvalue weighted by Crippen LogP contribution is 2.32. The lowest BCUT2D eigenvalue weighted by molar-refractivity contribution is 0.156. The van der Waals surface area contributed by atoms with Crippen molar-refractivity contribution in [1.82, 2.24) is 0 Å². The molecule has 0 saturated carbocycles. The summed E-state index contributed by atoms with van der Waals surface area (Å²) in [5, 5.41) is 19.0. The minimum Gasteiger partial charge on any atom is -0.497 e. The third-order valence-electron chi connectivity index (χ3n) is 2.71. The number of hydrogen-bond donors (Lipinski definition) is 1. The number of methoxy groups -OCH3 is 2. The molecule has 0 bridgehead atoms. The fourth-order valence-corrected chi connectivity index (χ4v) is 1.68. The number of nitrogens with zero attached hydrogens (tertiary/aromatic N) is 1. The van der Waals surface area contributed by atoms with Crippen LogP contribution in [-0.2, 0) is 0 Å². The topological polar surface area (TPSA) is 62.5 Å². The van der Waals surface area contributed by atoms with Gasteiger partial charge >= 0.3 is 0 Å². The third kappa shape index (κ3) is 2.89. The number of nitriles is 1. The van der Waals surface area contributed by atoms with Crippen LogP contribution in [0.4, 0.5) is 0 Å². The fraction of sp³-hybridized carbons (Fsp3) is 0.462. The summed E-state index contributed by atoms with van der Waals surface area (Å²) in [5.74, 6) is 0.624. The Morgan fingerprint density at radius 1 is 1.35 bits per heavy atom. The van der Waals surface area contributed by atoms with E-state index in [4.69, 9.17) is 14.7 Å². The summed E-state index contributed by atoms with van der Waals surface area (Å²) in [5.41, 5.74) is 0.656. The highest BCUT2D eigenvalue weighted by Gasteiger charge is 2.23. The van der Waals surface area contributed by atoms with Crippen LogP contribution in [0.15, 0.2) is 18.2 Å². The molecule has 1 rings (SSSR count). The monoisotopic (exact) mass is 235 g/mol. The van der Waals surface area contributed by atoms with Crippen molar-refractivity contribution in [3.8, 4) is 17.6 Å². The molecule has 1 aromatic rings. The van der Waals surface area contributed by atoms with Crippen LogP contribution in [0.2, 0.25) is 0 Å². The van der Waals surface area contributed by atoms with Crippen LogP contribution in [0, 0.1) is 11.3 Å². The van der Waals surface area contributed by atoms with E-state index in [-0.39, 0.29) is 0 Å². The quantitative estimate of drug-likeness (QED) is 0.848. The van der Waals surface area contributed by atoms with Gasteiger partial charge < -0.3 is 14.6 Å². The molecule has 1 aromatic carbocycles. The Morgan fingerprint density at radius 3 is 2.53 bits per heavy atom. The van der Waals surface area contributed by atoms with Crippen molar-refractivity contribution in [1.29, 1.82) is 5.26 Å². The van der Waals surface area contributed by atoms with Gasteiger partial charge in [0.25, 0.3) is 0 Å². The number of aliphatic hydroxyl groups excluding tert-OH is 1. The molecule has 4 nitrogen and oxygen atoms in total. The Hall–Kier alpha value is -1.73. The van der Waals surface area contributed by atoms with E-state index in [0.717, 1.165) is 0 Å². The molecule has 0 saturated heterocycles. The minimum atomic E-state index is -0.707. The summed E-state index contributed by atoms with van der Waals surface area (Å²) >= 11 is 0. The van der Waals surface area contributed by atoms with Crippen molar-refractivity contribution >= 4 is 0 Å². The second kappa shape index (κ2) is 6.12. The van der Waals surface area contributed by atoms with Crippen molar-refractivity contribution in [2.75, 3.05) is 14.2 Å². The number of hydrogen-bond acceptors (Lipinski definition) is 4. The molecule has 0 spiro atoms. The average molecular weight is 235 g/mol. The lowest BCUT2D eigenvalue weighted by Gasteiger charge is -2.18. The van der Waals surface area contributed by atoms with E-state index >= 15 is 0 Å². The van der Waals surface area contributed by atoms with Crippen molar-refractivity contribution in [2.45, 2.75) is 25.4 Å². The van der Waals surface area contributed by atoms with Crippen LogP contribution in [0.25, 0.3) is 0 Å². The number of benzene rings is 1. The summed E-state index contributed by atoms with van der Waals surface area (Å²) in [4.78, 5) is 0. The highest BCUT2D eigenvalue weighted by atomic mass is 16.5. The van der Waals surface area contributed by atoms with Gasteiger partial charge in [-0.1, -0.05) is 6.92 Å². The van der Waals surface area contributed by atoms with Gasteiger partial charge in [-0.05, 0) is 24.6 Å². The van der Waals surface area contributed by atoms with Gasteiger partial charge in [0, 0.05) is 5.56 Å². The van der Waals surface area contributed by atoms with Gasteiger partial charge in [-0.3, -0.25) is 0 Å². The van der Waals surface area contributed by atoms with Gasteiger partial charge in [0.2, 0.25) is 0 Å². The van der Waals surface area contributed by atoms with Gasteiger partial charge in [-0.2, -0.15) is 5.26 Å². The normalized spacial score (nSPS) is 13.6. The van der Waals surface area contributed by atoms with E-state index in [2.05, 4.69) is 6.07 Å². The molecule has 0 aliphatic heterocycles. The smallest absolute Gasteiger partial charge is 0.123 e. The summed E-state index contributed by atoms with van der Waals surface area (Å²) < 4.78 is 10.3. The first kappa shape index (κ1) is 13.3. The molecule has 2 atom stereocenters. The average Bonchev–Trinajstić information content (AvgIpc) is 2.39. The standard InChI is InChI=1S/C13H17NO3/c1-4-12(15)11(8-14)10-7-9(16-2)5-6-13(10)17-3/h5-7,11-12,15H,4H2,1-3H3. The maximum Gasteiger partial charge on any atom is 0.123 e. The molecule has 1 N–H and O–H groups in total. The molecule has 0 fully saturated rings. The van der Waals surface area contributed by atoms with Gasteiger partial charge in [0.05, 0.1) is 26.4 Å². The Morgan fingerprint density at radius 2 is 2.06 bits per heavy atom. The molecule has 0 aliphatic carbocycles. The first-order chi connectivity index (χ1) is 8.17. The summed E-state index contributed by atoms with van der Waals surface area (Å²) in [7, 11) is 3.10. The lowest BCUT2D eigenvalue weighted by atomic mass is 9.92. The molecule has 17 heavy (non-hydrogen) atoms. The van der Waals surface area contributed by atoms with Gasteiger partial charge in [-0.15, -0.1) is 0 Å². The fourth-order valence-electron chi connectivity index (χ4n) is 1.68. The minimum absolute atomic E-state index is 0.512. The molecule has 0 radical (unpaired) electrons. The van der Waals surface area contributed by atoms with Crippen molar-refractivity contribution in [3.05, 3.63) is 23.8 Å². The Balaban J connectivity index is 3.20.